The zero-order chi connectivity index (χ0) is 26.3. The molecule has 1 saturated carbocycles. The summed E-state index contributed by atoms with van der Waals surface area (Å²) in [6.45, 7) is 8.35. The Balaban J connectivity index is 1.21. The number of nitrogens with one attached hydrogen (secondary N) is 3. The van der Waals surface area contributed by atoms with Gasteiger partial charge in [0, 0.05) is 60.6 Å². The average Bonchev–Trinajstić information content (AvgIpc) is 3.73. The summed E-state index contributed by atoms with van der Waals surface area (Å²) in [6, 6.07) is 12.8. The smallest absolute Gasteiger partial charge is 0.138 e. The fraction of sp³-hybridized carbons (Fsp3) is 0.323. The minimum Gasteiger partial charge on any atom is -0.358 e. The molecule has 8 nitrogen and oxygen atoms in total. The van der Waals surface area contributed by atoms with E-state index in [-0.39, 0.29) is 0 Å². The van der Waals surface area contributed by atoms with Gasteiger partial charge in [0.25, 0.3) is 0 Å². The van der Waals surface area contributed by atoms with Crippen molar-refractivity contribution in [3.05, 3.63) is 67.3 Å². The van der Waals surface area contributed by atoms with Crippen molar-refractivity contribution in [2.75, 3.05) is 43.4 Å². The van der Waals surface area contributed by atoms with Gasteiger partial charge in [-0.05, 0) is 61.7 Å². The van der Waals surface area contributed by atoms with Gasteiger partial charge in [-0.15, -0.1) is 0 Å². The molecule has 1 saturated heterocycles. The first-order valence-corrected chi connectivity index (χ1v) is 13.9. The number of anilines is 2. The molecule has 0 spiro atoms. The normalized spacial score (nSPS) is 16.9. The van der Waals surface area contributed by atoms with E-state index in [4.69, 9.17) is 10.1 Å². The zero-order valence-electron chi connectivity index (χ0n) is 22.4. The molecule has 1 aliphatic carbocycles. The van der Waals surface area contributed by atoms with Crippen molar-refractivity contribution in [2.24, 2.45) is 5.92 Å². The van der Waals surface area contributed by atoms with Crippen LogP contribution >= 0.6 is 0 Å². The summed E-state index contributed by atoms with van der Waals surface area (Å²) in [6.07, 6.45) is 10.7. The number of piperazine rings is 1. The standard InChI is InChI=1S/C31H34N8/c1-20(21-5-3-4-6-21)34-24-15-23(18-32-19-24)22-7-8-28-25(16-22)30(37-36-28)29-17-26-27(35-29)9-10-33-31(26)39-13-11-38(2)12-14-39/h7-10,15-19,21,34-35H,1,3-6,11-14H2,2H3,(H,36,37). The second-order valence-corrected chi connectivity index (χ2v) is 11.0. The van der Waals surface area contributed by atoms with Crippen LogP contribution in [-0.2, 0) is 0 Å². The molecule has 0 unspecified atom stereocenters. The highest BCUT2D eigenvalue weighted by Gasteiger charge is 2.21. The van der Waals surface area contributed by atoms with Crippen LogP contribution in [0.25, 0.3) is 44.3 Å². The topological polar surface area (TPSA) is 88.8 Å². The number of allylic oxidation sites excluding steroid dienone is 1. The Morgan fingerprint density at radius 3 is 2.64 bits per heavy atom. The Morgan fingerprint density at radius 1 is 0.949 bits per heavy atom. The Kier molecular flexibility index (Phi) is 6.04. The number of pyridine rings is 2. The lowest BCUT2D eigenvalue weighted by Gasteiger charge is -2.33. The summed E-state index contributed by atoms with van der Waals surface area (Å²) in [4.78, 5) is 17.6. The molecule has 0 radical (unpaired) electrons. The third-order valence-corrected chi connectivity index (χ3v) is 8.37. The molecule has 2 fully saturated rings. The van der Waals surface area contributed by atoms with E-state index in [0.717, 1.165) is 87.7 Å². The van der Waals surface area contributed by atoms with Crippen LogP contribution < -0.4 is 10.2 Å². The molecular formula is C31H34N8. The second-order valence-electron chi connectivity index (χ2n) is 11.0. The molecule has 4 aromatic heterocycles. The van der Waals surface area contributed by atoms with Crippen molar-refractivity contribution < 1.29 is 0 Å². The van der Waals surface area contributed by atoms with Gasteiger partial charge in [0.15, 0.2) is 0 Å². The Bertz CT molecular complexity index is 1650. The lowest BCUT2D eigenvalue weighted by atomic mass is 10.0. The van der Waals surface area contributed by atoms with Crippen LogP contribution in [-0.4, -0.2) is 63.3 Å². The predicted molar refractivity (Wildman–Crippen MR) is 159 cm³/mol. The largest absolute Gasteiger partial charge is 0.358 e. The maximum absolute atomic E-state index is 4.76. The summed E-state index contributed by atoms with van der Waals surface area (Å²) in [5.41, 5.74) is 8.21. The van der Waals surface area contributed by atoms with E-state index in [0.29, 0.717) is 5.92 Å². The van der Waals surface area contributed by atoms with Crippen molar-refractivity contribution in [2.45, 2.75) is 25.7 Å². The van der Waals surface area contributed by atoms with Crippen LogP contribution in [0, 0.1) is 5.92 Å². The third-order valence-electron chi connectivity index (χ3n) is 8.37. The molecule has 0 bridgehead atoms. The zero-order valence-corrected chi connectivity index (χ0v) is 22.4. The van der Waals surface area contributed by atoms with Crippen LogP contribution in [0.3, 0.4) is 0 Å². The minimum atomic E-state index is 0.557. The van der Waals surface area contributed by atoms with E-state index < -0.39 is 0 Å². The van der Waals surface area contributed by atoms with Gasteiger partial charge in [-0.1, -0.05) is 25.5 Å². The maximum atomic E-state index is 4.76. The molecule has 39 heavy (non-hydrogen) atoms. The number of rotatable bonds is 6. The van der Waals surface area contributed by atoms with Gasteiger partial charge in [0.2, 0.25) is 0 Å². The van der Waals surface area contributed by atoms with Crippen LogP contribution in [0.15, 0.2) is 67.3 Å². The van der Waals surface area contributed by atoms with Gasteiger partial charge < -0.3 is 20.1 Å². The molecule has 5 aromatic rings. The monoisotopic (exact) mass is 518 g/mol. The molecule has 0 amide bonds. The number of aromatic amines is 2. The van der Waals surface area contributed by atoms with Gasteiger partial charge >= 0.3 is 0 Å². The molecule has 1 aliphatic heterocycles. The number of H-pyrrole nitrogens is 2. The van der Waals surface area contributed by atoms with Gasteiger partial charge in [-0.2, -0.15) is 5.10 Å². The number of benzene rings is 1. The second kappa shape index (κ2) is 9.85. The molecule has 7 rings (SSSR count). The highest BCUT2D eigenvalue weighted by molar-refractivity contribution is 6.00. The van der Waals surface area contributed by atoms with E-state index in [1.165, 1.54) is 25.7 Å². The highest BCUT2D eigenvalue weighted by atomic mass is 15.3. The quantitative estimate of drug-likeness (QED) is 0.254. The van der Waals surface area contributed by atoms with Crippen molar-refractivity contribution in [1.29, 1.82) is 0 Å². The molecular weight excluding hydrogens is 484 g/mol. The van der Waals surface area contributed by atoms with E-state index in [1.54, 1.807) is 0 Å². The third kappa shape index (κ3) is 4.55. The summed E-state index contributed by atoms with van der Waals surface area (Å²) in [5, 5.41) is 13.7. The molecule has 8 heteroatoms. The number of hydrogen-bond acceptors (Lipinski definition) is 6. The summed E-state index contributed by atoms with van der Waals surface area (Å²) in [5.74, 6) is 1.60. The maximum Gasteiger partial charge on any atom is 0.138 e. The first-order valence-electron chi connectivity index (χ1n) is 13.9. The van der Waals surface area contributed by atoms with Crippen LogP contribution in [0.4, 0.5) is 11.5 Å². The molecule has 5 heterocycles. The molecule has 1 aromatic carbocycles. The van der Waals surface area contributed by atoms with Crippen LogP contribution in [0.1, 0.15) is 25.7 Å². The molecule has 0 atom stereocenters. The summed E-state index contributed by atoms with van der Waals surface area (Å²) in [7, 11) is 2.17. The van der Waals surface area contributed by atoms with E-state index in [1.807, 2.05) is 24.7 Å². The van der Waals surface area contributed by atoms with Crippen molar-refractivity contribution in [3.8, 4) is 22.5 Å². The average molecular weight is 519 g/mol. The Morgan fingerprint density at radius 2 is 1.79 bits per heavy atom. The van der Waals surface area contributed by atoms with Crippen molar-refractivity contribution >= 4 is 33.3 Å². The Hall–Kier alpha value is -4.17. The lowest BCUT2D eigenvalue weighted by Crippen LogP contribution is -2.44. The summed E-state index contributed by atoms with van der Waals surface area (Å²) >= 11 is 0. The fourth-order valence-electron chi connectivity index (χ4n) is 6.06. The molecule has 2 aliphatic rings. The predicted octanol–water partition coefficient (Wildman–Crippen LogP) is 6.04. The number of hydrogen-bond donors (Lipinski definition) is 3. The lowest BCUT2D eigenvalue weighted by molar-refractivity contribution is 0.312. The minimum absolute atomic E-state index is 0.557. The molecule has 3 N–H and O–H groups in total. The SMILES string of the molecule is C=C(Nc1cncc(-c2ccc3[nH]nc(-c4cc5c(N6CCN(C)CC6)nccc5[nH]4)c3c2)c1)C1CCCC1. The molecule has 198 valence electrons. The van der Waals surface area contributed by atoms with Crippen LogP contribution in [0.5, 0.6) is 0 Å². The summed E-state index contributed by atoms with van der Waals surface area (Å²) < 4.78 is 0. The first kappa shape index (κ1) is 23.9. The van der Waals surface area contributed by atoms with Gasteiger partial charge in [-0.25, -0.2) is 4.98 Å². The fourth-order valence-corrected chi connectivity index (χ4v) is 6.06. The number of fused-ring (bicyclic) bond motifs is 2. The van der Waals surface area contributed by atoms with E-state index >= 15 is 0 Å². The van der Waals surface area contributed by atoms with Crippen molar-refractivity contribution in [3.63, 3.8) is 0 Å². The van der Waals surface area contributed by atoms with Gasteiger partial charge in [0.05, 0.1) is 28.6 Å². The Labute approximate surface area is 228 Å². The number of nitrogens with zero attached hydrogens (tertiary/aromatic N) is 5. The van der Waals surface area contributed by atoms with Crippen LogP contribution in [0.2, 0.25) is 0 Å². The highest BCUT2D eigenvalue weighted by Crippen LogP contribution is 2.35. The van der Waals surface area contributed by atoms with E-state index in [2.05, 4.69) is 74.1 Å². The number of aromatic nitrogens is 5. The first-order chi connectivity index (χ1) is 19.1. The van der Waals surface area contributed by atoms with Gasteiger partial charge in [0.1, 0.15) is 11.5 Å². The number of likely N-dealkylation sites (N-methyl/N-ethyl adjacent to an activating group) is 1. The van der Waals surface area contributed by atoms with Crippen molar-refractivity contribution in [1.82, 2.24) is 30.0 Å². The van der Waals surface area contributed by atoms with Gasteiger partial charge in [-0.3, -0.25) is 10.1 Å². The van der Waals surface area contributed by atoms with E-state index in [9.17, 15) is 0 Å².